The summed E-state index contributed by atoms with van der Waals surface area (Å²) in [5, 5.41) is 26.9. The zero-order valence-corrected chi connectivity index (χ0v) is 28.9. The van der Waals surface area contributed by atoms with Gasteiger partial charge in [-0.1, -0.05) is 55.5 Å². The number of aromatic nitrogens is 2. The van der Waals surface area contributed by atoms with Crippen LogP contribution in [0.25, 0.3) is 5.57 Å². The SMILES string of the molecule is C=C/C=C\C(C)=C/C(C)/C=C(\SC)C(=O)NC1=C(F)CCC(c2cc(N/C(C)=N/N(C)CCN(C)CC=C)c(=O)n(C)n2)=C1CO. The molecular formula is C34H48FN7O3S. The molecule has 1 amide bonds. The van der Waals surface area contributed by atoms with Crippen LogP contribution in [0.2, 0.25) is 0 Å². The number of thioether (sulfide) groups is 1. The molecule has 0 aromatic carbocycles. The van der Waals surface area contributed by atoms with E-state index in [2.05, 4.69) is 38.9 Å². The number of halogens is 1. The molecule has 1 aliphatic rings. The summed E-state index contributed by atoms with van der Waals surface area (Å²) >= 11 is 1.25. The fourth-order valence-corrected chi connectivity index (χ4v) is 5.40. The van der Waals surface area contributed by atoms with E-state index in [0.717, 1.165) is 18.7 Å². The van der Waals surface area contributed by atoms with Gasteiger partial charge in [-0.2, -0.15) is 10.2 Å². The van der Waals surface area contributed by atoms with Gasteiger partial charge < -0.3 is 20.6 Å². The monoisotopic (exact) mass is 653 g/mol. The minimum absolute atomic E-state index is 0.000398. The van der Waals surface area contributed by atoms with Gasteiger partial charge in [0.05, 0.1) is 22.9 Å². The molecule has 0 bridgehead atoms. The zero-order valence-electron chi connectivity index (χ0n) is 28.1. The van der Waals surface area contributed by atoms with E-state index in [1.54, 1.807) is 30.3 Å². The van der Waals surface area contributed by atoms with Crippen LogP contribution in [0.3, 0.4) is 0 Å². The fraction of sp³-hybridized carbons (Fsp3) is 0.412. The Hall–Kier alpha value is -4.00. The van der Waals surface area contributed by atoms with Gasteiger partial charge in [0.1, 0.15) is 17.3 Å². The molecule has 3 N–H and O–H groups in total. The average molecular weight is 654 g/mol. The van der Waals surface area contributed by atoms with Crippen molar-refractivity contribution in [3.63, 3.8) is 0 Å². The normalized spacial score (nSPS) is 15.5. The molecule has 1 aliphatic carbocycles. The predicted molar refractivity (Wildman–Crippen MR) is 190 cm³/mol. The smallest absolute Gasteiger partial charge is 0.290 e. The Morgan fingerprint density at radius 3 is 2.59 bits per heavy atom. The maximum atomic E-state index is 15.3. The number of aliphatic hydroxyl groups excluding tert-OH is 1. The van der Waals surface area contributed by atoms with Crippen LogP contribution in [0, 0.1) is 5.92 Å². The number of aliphatic hydroxyl groups is 1. The molecule has 0 aliphatic heterocycles. The number of aryl methyl sites for hydroxylation is 1. The minimum atomic E-state index is -0.538. The number of carbonyl (C=O) groups excluding carboxylic acids is 1. The number of likely N-dealkylation sites (N-methyl/N-ethyl adjacent to an activating group) is 2. The second kappa shape index (κ2) is 18.8. The highest BCUT2D eigenvalue weighted by Crippen LogP contribution is 2.35. The van der Waals surface area contributed by atoms with Crippen molar-refractivity contribution in [3.05, 3.63) is 99.3 Å². The number of hydrazone groups is 1. The Labute approximate surface area is 276 Å². The first-order chi connectivity index (χ1) is 21.8. The molecule has 0 spiro atoms. The quantitative estimate of drug-likeness (QED) is 0.0572. The summed E-state index contributed by atoms with van der Waals surface area (Å²) < 4.78 is 16.5. The fourth-order valence-electron chi connectivity index (χ4n) is 4.81. The van der Waals surface area contributed by atoms with Crippen molar-refractivity contribution in [1.82, 2.24) is 25.0 Å². The first-order valence-corrected chi connectivity index (χ1v) is 16.3. The molecule has 250 valence electrons. The lowest BCUT2D eigenvalue weighted by molar-refractivity contribution is -0.116. The third kappa shape index (κ3) is 11.4. The number of nitrogens with one attached hydrogen (secondary N) is 2. The highest BCUT2D eigenvalue weighted by Gasteiger charge is 2.26. The molecule has 0 radical (unpaired) electrons. The Bertz CT molecular complexity index is 1520. The summed E-state index contributed by atoms with van der Waals surface area (Å²) in [4.78, 5) is 28.8. The van der Waals surface area contributed by atoms with E-state index in [1.807, 2.05) is 58.3 Å². The molecule has 0 saturated carbocycles. The number of amidine groups is 1. The number of anilines is 1. The Kier molecular flexibility index (Phi) is 15.6. The van der Waals surface area contributed by atoms with Crippen LogP contribution in [0.15, 0.2) is 93.2 Å². The van der Waals surface area contributed by atoms with E-state index >= 15 is 4.39 Å². The Morgan fingerprint density at radius 1 is 1.24 bits per heavy atom. The number of hydrogen-bond acceptors (Lipinski definition) is 8. The lowest BCUT2D eigenvalue weighted by Gasteiger charge is -2.23. The van der Waals surface area contributed by atoms with Crippen molar-refractivity contribution >= 4 is 34.8 Å². The third-order valence-electron chi connectivity index (χ3n) is 7.06. The summed E-state index contributed by atoms with van der Waals surface area (Å²) in [5.41, 5.74) is 1.91. The third-order valence-corrected chi connectivity index (χ3v) is 7.82. The predicted octanol–water partition coefficient (Wildman–Crippen LogP) is 4.98. The summed E-state index contributed by atoms with van der Waals surface area (Å²) in [6.45, 7) is 14.8. The zero-order chi connectivity index (χ0) is 34.4. The van der Waals surface area contributed by atoms with Crippen LogP contribution in [-0.4, -0.2) is 83.1 Å². The topological polar surface area (TPSA) is 115 Å². The average Bonchev–Trinajstić information content (AvgIpc) is 3.00. The number of nitrogens with zero attached hydrogens (tertiary/aromatic N) is 5. The van der Waals surface area contributed by atoms with Crippen molar-refractivity contribution in [2.45, 2.75) is 33.6 Å². The van der Waals surface area contributed by atoms with Gasteiger partial charge in [-0.05, 0) is 51.1 Å². The largest absolute Gasteiger partial charge is 0.392 e. The lowest BCUT2D eigenvalue weighted by atomic mass is 9.91. The molecule has 1 unspecified atom stereocenters. The van der Waals surface area contributed by atoms with Gasteiger partial charge >= 0.3 is 0 Å². The second-order valence-electron chi connectivity index (χ2n) is 11.1. The van der Waals surface area contributed by atoms with E-state index < -0.39 is 18.3 Å². The van der Waals surface area contributed by atoms with Gasteiger partial charge in [-0.3, -0.25) is 14.6 Å². The van der Waals surface area contributed by atoms with Crippen LogP contribution < -0.4 is 16.2 Å². The summed E-state index contributed by atoms with van der Waals surface area (Å²) in [6.07, 6.45) is 13.1. The van der Waals surface area contributed by atoms with Crippen LogP contribution in [0.4, 0.5) is 10.1 Å². The van der Waals surface area contributed by atoms with E-state index in [-0.39, 0.29) is 41.3 Å². The number of carbonyl (C=O) groups is 1. The van der Waals surface area contributed by atoms with E-state index in [9.17, 15) is 14.7 Å². The first-order valence-electron chi connectivity index (χ1n) is 15.0. The van der Waals surface area contributed by atoms with Gasteiger partial charge in [0.25, 0.3) is 11.5 Å². The molecule has 2 rings (SSSR count). The molecule has 1 atom stereocenters. The molecular weight excluding hydrogens is 605 g/mol. The standard InChI is InChI=1S/C34H48FN7O3S/c1-10-12-13-23(3)19-24(4)20-31(46-9)33(44)37-32-27(22-43)26(14-15-28(32)35)29-21-30(34(45)42(8)39-29)36-25(5)38-41(7)18-17-40(6)16-11-2/h10-13,19-21,24,43H,1-2,14-18,22H2,3-9H3,(H,36,38)(H,37,44)/b13-12-,23-19-,31-20-. The lowest BCUT2D eigenvalue weighted by Crippen LogP contribution is -2.31. The molecule has 12 heteroatoms. The van der Waals surface area contributed by atoms with Crippen molar-refractivity contribution in [3.8, 4) is 0 Å². The molecule has 0 saturated heterocycles. The van der Waals surface area contributed by atoms with Crippen LogP contribution in [-0.2, 0) is 11.8 Å². The number of rotatable bonds is 16. The summed E-state index contributed by atoms with van der Waals surface area (Å²) in [5.74, 6) is -0.587. The van der Waals surface area contributed by atoms with Crippen LogP contribution in [0.5, 0.6) is 0 Å². The van der Waals surface area contributed by atoms with Crippen LogP contribution in [0.1, 0.15) is 39.3 Å². The molecule has 1 aromatic heterocycles. The van der Waals surface area contributed by atoms with Crippen LogP contribution >= 0.6 is 11.8 Å². The molecule has 10 nitrogen and oxygen atoms in total. The number of amides is 1. The van der Waals surface area contributed by atoms with E-state index in [4.69, 9.17) is 0 Å². The number of hydrogen-bond donors (Lipinski definition) is 3. The Morgan fingerprint density at radius 2 is 1.96 bits per heavy atom. The van der Waals surface area contributed by atoms with E-state index in [0.29, 0.717) is 28.6 Å². The van der Waals surface area contributed by atoms with Gasteiger partial charge in [0.15, 0.2) is 0 Å². The van der Waals surface area contributed by atoms with Gasteiger partial charge in [-0.15, -0.1) is 18.3 Å². The highest BCUT2D eigenvalue weighted by molar-refractivity contribution is 8.03. The minimum Gasteiger partial charge on any atom is -0.392 e. The molecule has 1 aromatic rings. The molecule has 46 heavy (non-hydrogen) atoms. The second-order valence-corrected chi connectivity index (χ2v) is 11.9. The van der Waals surface area contributed by atoms with Crippen molar-refractivity contribution in [1.29, 1.82) is 0 Å². The van der Waals surface area contributed by atoms with Gasteiger partial charge in [0, 0.05) is 45.7 Å². The van der Waals surface area contributed by atoms with Gasteiger partial charge in [0.2, 0.25) is 0 Å². The van der Waals surface area contributed by atoms with E-state index in [1.165, 1.54) is 23.5 Å². The molecule has 1 heterocycles. The maximum absolute atomic E-state index is 15.3. The first kappa shape index (κ1) is 38.2. The highest BCUT2D eigenvalue weighted by atomic mass is 32.2. The molecule has 0 fully saturated rings. The van der Waals surface area contributed by atoms with Gasteiger partial charge in [-0.25, -0.2) is 9.07 Å². The Balaban J connectivity index is 2.39. The summed E-state index contributed by atoms with van der Waals surface area (Å²) in [7, 11) is 5.36. The maximum Gasteiger partial charge on any atom is 0.290 e. The van der Waals surface area contributed by atoms with Crippen molar-refractivity contribution in [2.75, 3.05) is 51.9 Å². The number of allylic oxidation sites excluding steroid dienone is 8. The summed E-state index contributed by atoms with van der Waals surface area (Å²) in [6, 6.07) is 1.57. The van der Waals surface area contributed by atoms with Crippen molar-refractivity contribution in [2.24, 2.45) is 18.1 Å². The van der Waals surface area contributed by atoms with Crippen molar-refractivity contribution < 1.29 is 14.3 Å².